The molecule has 3 heterocycles. The van der Waals surface area contributed by atoms with E-state index in [2.05, 4.69) is 26.2 Å². The second kappa shape index (κ2) is 6.20. The van der Waals surface area contributed by atoms with E-state index in [0.717, 1.165) is 26.7 Å². The normalized spacial score (nSPS) is 11.3. The molecule has 25 heavy (non-hydrogen) atoms. The first-order chi connectivity index (χ1) is 12.0. The summed E-state index contributed by atoms with van der Waals surface area (Å²) in [5.41, 5.74) is 3.15. The molecule has 4 aromatic rings. The number of carbonyl (C=O) groups is 1. The molecule has 0 atom stereocenters. The molecule has 1 N–H and O–H groups in total. The average molecular weight is 418 g/mol. The van der Waals surface area contributed by atoms with Crippen molar-refractivity contribution in [3.63, 3.8) is 0 Å². The number of halogens is 2. The number of aryl methyl sites for hydroxylation is 1. The molecule has 0 aliphatic rings. The van der Waals surface area contributed by atoms with E-state index in [-0.39, 0.29) is 5.91 Å². The SMILES string of the molecule is Cn1c(C(=O)NCc2cn3cc(Cl)ccc3n2)c(Br)c2ccccc21. The zero-order chi connectivity index (χ0) is 17.6. The Hall–Kier alpha value is -2.31. The van der Waals surface area contributed by atoms with Crippen molar-refractivity contribution in [2.75, 3.05) is 0 Å². The van der Waals surface area contributed by atoms with Crippen LogP contribution in [0.1, 0.15) is 16.2 Å². The molecule has 0 aliphatic carbocycles. The number of amides is 1. The number of aromatic nitrogens is 3. The van der Waals surface area contributed by atoms with Gasteiger partial charge in [0.15, 0.2) is 0 Å². The van der Waals surface area contributed by atoms with Crippen molar-refractivity contribution in [1.82, 2.24) is 19.3 Å². The minimum atomic E-state index is -0.152. The predicted molar refractivity (Wildman–Crippen MR) is 102 cm³/mol. The number of hydrogen-bond acceptors (Lipinski definition) is 2. The first-order valence-corrected chi connectivity index (χ1v) is 8.86. The maximum Gasteiger partial charge on any atom is 0.269 e. The van der Waals surface area contributed by atoms with Crippen molar-refractivity contribution in [3.8, 4) is 0 Å². The van der Waals surface area contributed by atoms with Crippen LogP contribution in [-0.2, 0) is 13.6 Å². The van der Waals surface area contributed by atoms with Gasteiger partial charge in [-0.1, -0.05) is 29.8 Å². The second-order valence-corrected chi connectivity index (χ2v) is 7.00. The summed E-state index contributed by atoms with van der Waals surface area (Å²) in [6, 6.07) is 11.5. The molecule has 0 radical (unpaired) electrons. The highest BCUT2D eigenvalue weighted by atomic mass is 79.9. The Kier molecular flexibility index (Phi) is 4.01. The van der Waals surface area contributed by atoms with Crippen molar-refractivity contribution in [2.24, 2.45) is 7.05 Å². The number of benzene rings is 1. The van der Waals surface area contributed by atoms with E-state index in [1.807, 2.05) is 52.5 Å². The van der Waals surface area contributed by atoms with Gasteiger partial charge in [-0.3, -0.25) is 4.79 Å². The minimum absolute atomic E-state index is 0.152. The molecule has 0 fully saturated rings. The molecule has 5 nitrogen and oxygen atoms in total. The summed E-state index contributed by atoms with van der Waals surface area (Å²) in [7, 11) is 1.88. The molecule has 126 valence electrons. The molecular formula is C18H14BrClN4O. The van der Waals surface area contributed by atoms with E-state index in [9.17, 15) is 4.79 Å². The Morgan fingerprint density at radius 2 is 2.04 bits per heavy atom. The van der Waals surface area contributed by atoms with Gasteiger partial charge in [0.1, 0.15) is 11.3 Å². The van der Waals surface area contributed by atoms with Crippen LogP contribution >= 0.6 is 27.5 Å². The van der Waals surface area contributed by atoms with E-state index >= 15 is 0 Å². The number of nitrogens with one attached hydrogen (secondary N) is 1. The van der Waals surface area contributed by atoms with Gasteiger partial charge in [0.25, 0.3) is 5.91 Å². The van der Waals surface area contributed by atoms with Gasteiger partial charge < -0.3 is 14.3 Å². The van der Waals surface area contributed by atoms with Crippen LogP contribution in [0.25, 0.3) is 16.6 Å². The largest absolute Gasteiger partial charge is 0.345 e. The maximum atomic E-state index is 12.7. The van der Waals surface area contributed by atoms with Crippen LogP contribution in [0.3, 0.4) is 0 Å². The third kappa shape index (κ3) is 2.81. The van der Waals surface area contributed by atoms with Crippen LogP contribution in [0.5, 0.6) is 0 Å². The number of para-hydroxylation sites is 1. The third-order valence-corrected chi connectivity index (χ3v) is 5.18. The van der Waals surface area contributed by atoms with Gasteiger partial charge in [-0.05, 0) is 34.1 Å². The molecule has 1 amide bonds. The van der Waals surface area contributed by atoms with Crippen molar-refractivity contribution >= 4 is 50.0 Å². The molecule has 0 saturated heterocycles. The number of fused-ring (bicyclic) bond motifs is 2. The summed E-state index contributed by atoms with van der Waals surface area (Å²) in [5.74, 6) is -0.152. The van der Waals surface area contributed by atoms with Crippen molar-refractivity contribution < 1.29 is 4.79 Å². The Labute approximate surface area is 157 Å². The fourth-order valence-electron chi connectivity index (χ4n) is 2.96. The lowest BCUT2D eigenvalue weighted by molar-refractivity contribution is 0.0942. The summed E-state index contributed by atoms with van der Waals surface area (Å²) >= 11 is 9.53. The van der Waals surface area contributed by atoms with Crippen molar-refractivity contribution in [1.29, 1.82) is 0 Å². The lowest BCUT2D eigenvalue weighted by Crippen LogP contribution is -2.25. The summed E-state index contributed by atoms with van der Waals surface area (Å²) in [4.78, 5) is 17.2. The molecule has 0 unspecified atom stereocenters. The van der Waals surface area contributed by atoms with Crippen LogP contribution in [0, 0.1) is 0 Å². The summed E-state index contributed by atoms with van der Waals surface area (Å²) in [5, 5.41) is 4.59. The molecule has 7 heteroatoms. The summed E-state index contributed by atoms with van der Waals surface area (Å²) < 4.78 is 4.53. The highest BCUT2D eigenvalue weighted by Crippen LogP contribution is 2.30. The zero-order valence-electron chi connectivity index (χ0n) is 13.3. The fourth-order valence-corrected chi connectivity index (χ4v) is 3.91. The van der Waals surface area contributed by atoms with Crippen LogP contribution in [0.2, 0.25) is 5.02 Å². The Bertz CT molecular complexity index is 1080. The molecule has 1 aromatic carbocycles. The van der Waals surface area contributed by atoms with E-state index < -0.39 is 0 Å². The van der Waals surface area contributed by atoms with Gasteiger partial charge in [0.2, 0.25) is 0 Å². The standard InChI is InChI=1S/C18H14BrClN4O/c1-23-14-5-3-2-4-13(14)16(19)17(23)18(25)21-8-12-10-24-9-11(20)6-7-15(24)22-12/h2-7,9-10H,8H2,1H3,(H,21,25). The van der Waals surface area contributed by atoms with E-state index in [0.29, 0.717) is 17.3 Å². The van der Waals surface area contributed by atoms with Gasteiger partial charge >= 0.3 is 0 Å². The second-order valence-electron chi connectivity index (χ2n) is 5.77. The van der Waals surface area contributed by atoms with Gasteiger partial charge in [-0.2, -0.15) is 0 Å². The summed E-state index contributed by atoms with van der Waals surface area (Å²) in [6.07, 6.45) is 3.65. The first kappa shape index (κ1) is 16.2. The smallest absolute Gasteiger partial charge is 0.269 e. The zero-order valence-corrected chi connectivity index (χ0v) is 15.7. The molecule has 3 aromatic heterocycles. The monoisotopic (exact) mass is 416 g/mol. The van der Waals surface area contributed by atoms with Crippen molar-refractivity contribution in [2.45, 2.75) is 6.54 Å². The number of nitrogens with zero attached hydrogens (tertiary/aromatic N) is 3. The Morgan fingerprint density at radius 3 is 2.84 bits per heavy atom. The van der Waals surface area contributed by atoms with Crippen LogP contribution in [0.15, 0.2) is 53.3 Å². The summed E-state index contributed by atoms with van der Waals surface area (Å²) in [6.45, 7) is 0.339. The Morgan fingerprint density at radius 1 is 1.24 bits per heavy atom. The minimum Gasteiger partial charge on any atom is -0.345 e. The number of pyridine rings is 1. The Balaban J connectivity index is 1.59. The van der Waals surface area contributed by atoms with Gasteiger partial charge in [-0.25, -0.2) is 4.98 Å². The van der Waals surface area contributed by atoms with E-state index in [1.165, 1.54) is 0 Å². The number of rotatable bonds is 3. The number of imidazole rings is 1. The molecule has 4 rings (SSSR count). The van der Waals surface area contributed by atoms with Gasteiger partial charge in [0.05, 0.1) is 21.7 Å². The number of carbonyl (C=O) groups excluding carboxylic acids is 1. The van der Waals surface area contributed by atoms with Crippen LogP contribution < -0.4 is 5.32 Å². The highest BCUT2D eigenvalue weighted by molar-refractivity contribution is 9.10. The van der Waals surface area contributed by atoms with E-state index in [4.69, 9.17) is 11.6 Å². The van der Waals surface area contributed by atoms with E-state index in [1.54, 1.807) is 12.3 Å². The maximum absolute atomic E-state index is 12.7. The highest BCUT2D eigenvalue weighted by Gasteiger charge is 2.19. The molecule has 0 aliphatic heterocycles. The lowest BCUT2D eigenvalue weighted by atomic mass is 10.2. The quantitative estimate of drug-likeness (QED) is 0.544. The molecular weight excluding hydrogens is 404 g/mol. The molecule has 0 spiro atoms. The average Bonchev–Trinajstić information content (AvgIpc) is 3.12. The predicted octanol–water partition coefficient (Wildman–Crippen LogP) is 4.17. The van der Waals surface area contributed by atoms with Crippen LogP contribution in [-0.4, -0.2) is 19.9 Å². The molecule has 0 bridgehead atoms. The van der Waals surface area contributed by atoms with Crippen LogP contribution in [0.4, 0.5) is 0 Å². The topological polar surface area (TPSA) is 51.3 Å². The lowest BCUT2D eigenvalue weighted by Gasteiger charge is -2.06. The van der Waals surface area contributed by atoms with Crippen molar-refractivity contribution in [3.05, 3.63) is 69.7 Å². The number of hydrogen-bond donors (Lipinski definition) is 1. The molecule has 0 saturated carbocycles. The third-order valence-electron chi connectivity index (χ3n) is 4.16. The first-order valence-electron chi connectivity index (χ1n) is 7.69. The van der Waals surface area contributed by atoms with Gasteiger partial charge in [-0.15, -0.1) is 0 Å². The van der Waals surface area contributed by atoms with Gasteiger partial charge in [0, 0.05) is 30.3 Å². The fraction of sp³-hybridized carbons (Fsp3) is 0.111.